The normalized spacial score (nSPS) is 10.9. The van der Waals surface area contributed by atoms with Crippen LogP contribution in [0.2, 0.25) is 0 Å². The number of H-pyrrole nitrogens is 1. The van der Waals surface area contributed by atoms with Gasteiger partial charge in [0, 0.05) is 11.1 Å². The fourth-order valence-corrected chi connectivity index (χ4v) is 2.57. The van der Waals surface area contributed by atoms with Gasteiger partial charge in [-0.1, -0.05) is 17.4 Å². The van der Waals surface area contributed by atoms with E-state index in [9.17, 15) is 14.7 Å². The number of carboxylic acids is 1. The van der Waals surface area contributed by atoms with Crippen LogP contribution in [0.4, 0.5) is 0 Å². The quantitative estimate of drug-likeness (QED) is 0.758. The summed E-state index contributed by atoms with van der Waals surface area (Å²) in [5.41, 5.74) is 2.11. The van der Waals surface area contributed by atoms with Crippen LogP contribution >= 0.6 is 11.3 Å². The van der Waals surface area contributed by atoms with Gasteiger partial charge in [0.05, 0.1) is 29.5 Å². The maximum atomic E-state index is 11.2. The first kappa shape index (κ1) is 11.7. The molecule has 0 radical (unpaired) electrons. The minimum Gasteiger partial charge on any atom is -0.478 e. The van der Waals surface area contributed by atoms with Crippen molar-refractivity contribution in [2.24, 2.45) is 0 Å². The fourth-order valence-electron chi connectivity index (χ4n) is 1.99. The molecule has 3 aromatic rings. The standard InChI is InChI=1S/C12H9N3O3S/c16-11(17)8-2-1-3-9-10(8)15(6-13-9)4-7-5-19-12(18)14-7/h1-3,5-6H,4H2,(H,14,18)(H,16,17). The van der Waals surface area contributed by atoms with Crippen molar-refractivity contribution in [1.82, 2.24) is 14.5 Å². The lowest BCUT2D eigenvalue weighted by Gasteiger charge is -2.04. The maximum absolute atomic E-state index is 11.2. The predicted molar refractivity (Wildman–Crippen MR) is 70.7 cm³/mol. The number of aromatic carboxylic acids is 1. The summed E-state index contributed by atoms with van der Waals surface area (Å²) in [5, 5.41) is 10.9. The zero-order chi connectivity index (χ0) is 13.4. The minimum atomic E-state index is -0.994. The highest BCUT2D eigenvalue weighted by molar-refractivity contribution is 7.07. The summed E-state index contributed by atoms with van der Waals surface area (Å²) in [6.07, 6.45) is 1.58. The molecule has 6 nitrogen and oxygen atoms in total. The smallest absolute Gasteiger partial charge is 0.337 e. The number of hydrogen-bond donors (Lipinski definition) is 2. The Morgan fingerprint density at radius 2 is 2.32 bits per heavy atom. The molecular formula is C12H9N3O3S. The van der Waals surface area contributed by atoms with E-state index in [1.807, 2.05) is 0 Å². The van der Waals surface area contributed by atoms with Gasteiger partial charge in [0.1, 0.15) is 0 Å². The van der Waals surface area contributed by atoms with E-state index in [-0.39, 0.29) is 10.4 Å². The SMILES string of the molecule is O=C(O)c1cccc2ncn(Cc3csc(=O)[nH]3)c12. The Hall–Kier alpha value is -2.41. The summed E-state index contributed by atoms with van der Waals surface area (Å²) in [6, 6.07) is 4.96. The third kappa shape index (κ3) is 2.04. The number of thiazole rings is 1. The van der Waals surface area contributed by atoms with Crippen molar-refractivity contribution in [2.75, 3.05) is 0 Å². The number of imidazole rings is 1. The van der Waals surface area contributed by atoms with Crippen LogP contribution in [0.3, 0.4) is 0 Å². The van der Waals surface area contributed by atoms with E-state index in [0.717, 1.165) is 17.0 Å². The van der Waals surface area contributed by atoms with Gasteiger partial charge in [-0.05, 0) is 12.1 Å². The summed E-state index contributed by atoms with van der Waals surface area (Å²) in [7, 11) is 0. The van der Waals surface area contributed by atoms with Crippen LogP contribution in [-0.4, -0.2) is 25.6 Å². The minimum absolute atomic E-state index is 0.127. The van der Waals surface area contributed by atoms with Crippen LogP contribution in [0, 0.1) is 0 Å². The Morgan fingerprint density at radius 1 is 1.47 bits per heavy atom. The molecule has 0 unspecified atom stereocenters. The zero-order valence-electron chi connectivity index (χ0n) is 9.66. The summed E-state index contributed by atoms with van der Waals surface area (Å²) >= 11 is 1.08. The van der Waals surface area contributed by atoms with E-state index in [1.165, 1.54) is 0 Å². The van der Waals surface area contributed by atoms with Crippen molar-refractivity contribution in [3.8, 4) is 0 Å². The molecule has 2 aromatic heterocycles. The van der Waals surface area contributed by atoms with E-state index < -0.39 is 5.97 Å². The first-order chi connectivity index (χ1) is 9.15. The number of benzene rings is 1. The van der Waals surface area contributed by atoms with E-state index >= 15 is 0 Å². The Bertz CT molecular complexity index is 815. The summed E-state index contributed by atoms with van der Waals surface area (Å²) in [6.45, 7) is 0.388. The van der Waals surface area contributed by atoms with E-state index in [0.29, 0.717) is 17.6 Å². The predicted octanol–water partition coefficient (Wildman–Crippen LogP) is 1.53. The number of nitrogens with zero attached hydrogens (tertiary/aromatic N) is 2. The van der Waals surface area contributed by atoms with Gasteiger partial charge in [-0.15, -0.1) is 0 Å². The summed E-state index contributed by atoms with van der Waals surface area (Å²) in [5.74, 6) is -0.994. The van der Waals surface area contributed by atoms with Crippen LogP contribution in [0.15, 0.2) is 34.7 Å². The lowest BCUT2D eigenvalue weighted by atomic mass is 10.2. The van der Waals surface area contributed by atoms with Gasteiger partial charge in [0.25, 0.3) is 0 Å². The Kier molecular flexibility index (Phi) is 2.68. The molecule has 96 valence electrons. The number of fused-ring (bicyclic) bond motifs is 1. The van der Waals surface area contributed by atoms with Crippen molar-refractivity contribution < 1.29 is 9.90 Å². The number of para-hydroxylation sites is 1. The van der Waals surface area contributed by atoms with Crippen LogP contribution < -0.4 is 4.87 Å². The first-order valence-corrected chi connectivity index (χ1v) is 6.37. The van der Waals surface area contributed by atoms with E-state index in [1.54, 1.807) is 34.5 Å². The molecule has 19 heavy (non-hydrogen) atoms. The van der Waals surface area contributed by atoms with Crippen molar-refractivity contribution in [3.63, 3.8) is 0 Å². The molecule has 2 heterocycles. The fraction of sp³-hybridized carbons (Fsp3) is 0.0833. The molecule has 0 spiro atoms. The van der Waals surface area contributed by atoms with Crippen LogP contribution in [0.1, 0.15) is 16.1 Å². The third-order valence-corrected chi connectivity index (χ3v) is 3.50. The lowest BCUT2D eigenvalue weighted by Crippen LogP contribution is -2.05. The molecule has 0 aliphatic carbocycles. The van der Waals surface area contributed by atoms with Crippen molar-refractivity contribution in [3.05, 3.63) is 50.8 Å². The first-order valence-electron chi connectivity index (χ1n) is 5.49. The monoisotopic (exact) mass is 275 g/mol. The maximum Gasteiger partial charge on any atom is 0.337 e. The van der Waals surface area contributed by atoms with E-state index in [2.05, 4.69) is 9.97 Å². The van der Waals surface area contributed by atoms with Gasteiger partial charge < -0.3 is 14.7 Å². The highest BCUT2D eigenvalue weighted by atomic mass is 32.1. The second-order valence-electron chi connectivity index (χ2n) is 4.02. The van der Waals surface area contributed by atoms with Crippen molar-refractivity contribution in [2.45, 2.75) is 6.54 Å². The molecule has 2 N–H and O–H groups in total. The van der Waals surface area contributed by atoms with Crippen LogP contribution in [-0.2, 0) is 6.54 Å². The molecule has 0 fully saturated rings. The zero-order valence-corrected chi connectivity index (χ0v) is 10.5. The van der Waals surface area contributed by atoms with Crippen LogP contribution in [0.5, 0.6) is 0 Å². The number of carboxylic acid groups (broad SMARTS) is 1. The van der Waals surface area contributed by atoms with Gasteiger partial charge in [0.15, 0.2) is 0 Å². The molecule has 0 saturated heterocycles. The largest absolute Gasteiger partial charge is 0.478 e. The number of aromatic amines is 1. The molecule has 0 bridgehead atoms. The molecule has 3 rings (SSSR count). The van der Waals surface area contributed by atoms with Crippen molar-refractivity contribution >= 4 is 28.3 Å². The van der Waals surface area contributed by atoms with Crippen molar-refractivity contribution in [1.29, 1.82) is 0 Å². The molecule has 0 amide bonds. The molecular weight excluding hydrogens is 266 g/mol. The average molecular weight is 275 g/mol. The van der Waals surface area contributed by atoms with Gasteiger partial charge >= 0.3 is 10.8 Å². The number of aromatic nitrogens is 3. The lowest BCUT2D eigenvalue weighted by molar-refractivity contribution is 0.0698. The second kappa shape index (κ2) is 4.36. The molecule has 0 aliphatic rings. The summed E-state index contributed by atoms with van der Waals surface area (Å²) in [4.78, 5) is 29.1. The highest BCUT2D eigenvalue weighted by Gasteiger charge is 2.13. The Balaban J connectivity index is 2.13. The number of carbonyl (C=O) groups is 1. The van der Waals surface area contributed by atoms with Crippen LogP contribution in [0.25, 0.3) is 11.0 Å². The number of hydrogen-bond acceptors (Lipinski definition) is 4. The molecule has 7 heteroatoms. The van der Waals surface area contributed by atoms with Gasteiger partial charge in [-0.25, -0.2) is 9.78 Å². The number of rotatable bonds is 3. The van der Waals surface area contributed by atoms with Gasteiger partial charge in [0.2, 0.25) is 0 Å². The molecule has 0 aliphatic heterocycles. The Morgan fingerprint density at radius 3 is 3.00 bits per heavy atom. The Labute approximate surface area is 111 Å². The average Bonchev–Trinajstić information content (AvgIpc) is 2.97. The summed E-state index contributed by atoms with van der Waals surface area (Å²) < 4.78 is 1.72. The van der Waals surface area contributed by atoms with Gasteiger partial charge in [-0.2, -0.15) is 0 Å². The second-order valence-corrected chi connectivity index (χ2v) is 4.87. The number of nitrogens with one attached hydrogen (secondary N) is 1. The van der Waals surface area contributed by atoms with E-state index in [4.69, 9.17) is 0 Å². The topological polar surface area (TPSA) is 88.0 Å². The molecule has 0 atom stereocenters. The molecule has 0 saturated carbocycles. The van der Waals surface area contributed by atoms with Gasteiger partial charge in [-0.3, -0.25) is 4.79 Å². The third-order valence-electron chi connectivity index (χ3n) is 2.78. The highest BCUT2D eigenvalue weighted by Crippen LogP contribution is 2.19. The molecule has 1 aromatic carbocycles.